The number of amides is 2. The molecule has 0 aromatic heterocycles. The van der Waals surface area contributed by atoms with Crippen molar-refractivity contribution < 1.29 is 9.59 Å². The SMILES string of the molecule is CN(C)C(=O)CCN1CC2(CCNCC2)CC1=O. The summed E-state index contributed by atoms with van der Waals surface area (Å²) < 4.78 is 0. The minimum Gasteiger partial charge on any atom is -0.349 e. The molecular weight excluding hydrogens is 230 g/mol. The fourth-order valence-corrected chi connectivity index (χ4v) is 2.93. The second kappa shape index (κ2) is 5.26. The van der Waals surface area contributed by atoms with E-state index < -0.39 is 0 Å². The van der Waals surface area contributed by atoms with Crippen molar-refractivity contribution in [2.75, 3.05) is 40.3 Å². The van der Waals surface area contributed by atoms with Crippen LogP contribution >= 0.6 is 0 Å². The maximum Gasteiger partial charge on any atom is 0.223 e. The average Bonchev–Trinajstić information content (AvgIpc) is 2.63. The summed E-state index contributed by atoms with van der Waals surface area (Å²) in [6.07, 6.45) is 3.27. The van der Waals surface area contributed by atoms with E-state index in [0.717, 1.165) is 32.5 Å². The number of nitrogens with zero attached hydrogens (tertiary/aromatic N) is 2. The van der Waals surface area contributed by atoms with Crippen molar-refractivity contribution in [1.29, 1.82) is 0 Å². The fourth-order valence-electron chi connectivity index (χ4n) is 2.93. The van der Waals surface area contributed by atoms with Gasteiger partial charge in [0.2, 0.25) is 11.8 Å². The van der Waals surface area contributed by atoms with Gasteiger partial charge in [0.05, 0.1) is 0 Å². The molecule has 0 aliphatic carbocycles. The zero-order valence-electron chi connectivity index (χ0n) is 11.4. The first kappa shape index (κ1) is 13.3. The minimum absolute atomic E-state index is 0.0917. The molecule has 0 radical (unpaired) electrons. The van der Waals surface area contributed by atoms with Crippen molar-refractivity contribution in [3.63, 3.8) is 0 Å². The standard InChI is InChI=1S/C13H23N3O2/c1-15(2)11(17)3-8-16-10-13(9-12(16)18)4-6-14-7-5-13/h14H,3-10H2,1-2H3. The third kappa shape index (κ3) is 2.83. The monoisotopic (exact) mass is 253 g/mol. The van der Waals surface area contributed by atoms with E-state index in [-0.39, 0.29) is 17.2 Å². The van der Waals surface area contributed by atoms with Gasteiger partial charge in [0.15, 0.2) is 0 Å². The van der Waals surface area contributed by atoms with Gasteiger partial charge in [0, 0.05) is 40.0 Å². The molecule has 18 heavy (non-hydrogen) atoms. The van der Waals surface area contributed by atoms with Crippen LogP contribution in [0, 0.1) is 5.41 Å². The molecule has 0 unspecified atom stereocenters. The van der Waals surface area contributed by atoms with Crippen LogP contribution in [0.15, 0.2) is 0 Å². The van der Waals surface area contributed by atoms with Gasteiger partial charge in [0.25, 0.3) is 0 Å². The predicted molar refractivity (Wildman–Crippen MR) is 69.0 cm³/mol. The van der Waals surface area contributed by atoms with Crippen LogP contribution < -0.4 is 5.32 Å². The molecule has 2 saturated heterocycles. The van der Waals surface area contributed by atoms with E-state index in [1.54, 1.807) is 19.0 Å². The molecule has 0 saturated carbocycles. The Morgan fingerprint density at radius 3 is 2.67 bits per heavy atom. The van der Waals surface area contributed by atoms with Crippen LogP contribution in [0.25, 0.3) is 0 Å². The number of likely N-dealkylation sites (tertiary alicyclic amines) is 1. The van der Waals surface area contributed by atoms with E-state index >= 15 is 0 Å². The number of carbonyl (C=O) groups is 2. The maximum atomic E-state index is 12.0. The zero-order valence-corrected chi connectivity index (χ0v) is 11.4. The van der Waals surface area contributed by atoms with Gasteiger partial charge in [-0.2, -0.15) is 0 Å². The molecule has 0 aromatic rings. The summed E-state index contributed by atoms with van der Waals surface area (Å²) in [7, 11) is 3.50. The fraction of sp³-hybridized carbons (Fsp3) is 0.846. The molecule has 2 heterocycles. The summed E-state index contributed by atoms with van der Waals surface area (Å²) in [6.45, 7) is 3.44. The van der Waals surface area contributed by atoms with Gasteiger partial charge in [-0.1, -0.05) is 0 Å². The van der Waals surface area contributed by atoms with Gasteiger partial charge in [-0.15, -0.1) is 0 Å². The third-order valence-electron chi connectivity index (χ3n) is 4.16. The molecule has 5 heteroatoms. The highest BCUT2D eigenvalue weighted by Crippen LogP contribution is 2.39. The van der Waals surface area contributed by atoms with Gasteiger partial charge in [0.1, 0.15) is 0 Å². The van der Waals surface area contributed by atoms with Crippen molar-refractivity contribution in [2.45, 2.75) is 25.7 Å². The van der Waals surface area contributed by atoms with Crippen molar-refractivity contribution in [2.24, 2.45) is 5.41 Å². The highest BCUT2D eigenvalue weighted by Gasteiger charge is 2.43. The Morgan fingerprint density at radius 2 is 2.06 bits per heavy atom. The Labute approximate surface area is 108 Å². The molecular formula is C13H23N3O2. The highest BCUT2D eigenvalue weighted by molar-refractivity contribution is 5.81. The largest absolute Gasteiger partial charge is 0.349 e. The molecule has 2 aliphatic heterocycles. The van der Waals surface area contributed by atoms with E-state index in [2.05, 4.69) is 5.32 Å². The lowest BCUT2D eigenvalue weighted by Gasteiger charge is -2.33. The van der Waals surface area contributed by atoms with E-state index in [9.17, 15) is 9.59 Å². The van der Waals surface area contributed by atoms with Crippen LogP contribution in [0.5, 0.6) is 0 Å². The number of nitrogens with one attached hydrogen (secondary N) is 1. The molecule has 0 aromatic carbocycles. The van der Waals surface area contributed by atoms with Crippen LogP contribution in [-0.4, -0.2) is 61.9 Å². The lowest BCUT2D eigenvalue weighted by Crippen LogP contribution is -2.39. The Morgan fingerprint density at radius 1 is 1.39 bits per heavy atom. The first-order valence-corrected chi connectivity index (χ1v) is 6.71. The van der Waals surface area contributed by atoms with Gasteiger partial charge in [-0.3, -0.25) is 9.59 Å². The molecule has 102 valence electrons. The van der Waals surface area contributed by atoms with Crippen LogP contribution in [0.2, 0.25) is 0 Å². The first-order valence-electron chi connectivity index (χ1n) is 6.71. The average molecular weight is 253 g/mol. The summed E-state index contributed by atoms with van der Waals surface area (Å²) in [6, 6.07) is 0. The summed E-state index contributed by atoms with van der Waals surface area (Å²) >= 11 is 0. The molecule has 5 nitrogen and oxygen atoms in total. The van der Waals surface area contributed by atoms with Crippen LogP contribution in [-0.2, 0) is 9.59 Å². The van der Waals surface area contributed by atoms with Gasteiger partial charge < -0.3 is 15.1 Å². The Balaban J connectivity index is 1.87. The number of rotatable bonds is 3. The molecule has 0 bridgehead atoms. The first-order chi connectivity index (χ1) is 8.52. The summed E-state index contributed by atoms with van der Waals surface area (Å²) in [4.78, 5) is 27.0. The summed E-state index contributed by atoms with van der Waals surface area (Å²) in [5.41, 5.74) is 0.184. The lowest BCUT2D eigenvalue weighted by molar-refractivity contribution is -0.131. The topological polar surface area (TPSA) is 52.7 Å². The van der Waals surface area contributed by atoms with E-state index in [4.69, 9.17) is 0 Å². The van der Waals surface area contributed by atoms with Gasteiger partial charge >= 0.3 is 0 Å². The molecule has 2 aliphatic rings. The number of carbonyl (C=O) groups excluding carboxylic acids is 2. The molecule has 1 spiro atoms. The predicted octanol–water partition coefficient (Wildman–Crippen LogP) is 0.0668. The van der Waals surface area contributed by atoms with E-state index in [0.29, 0.717) is 19.4 Å². The molecule has 0 atom stereocenters. The van der Waals surface area contributed by atoms with Crippen molar-refractivity contribution in [3.8, 4) is 0 Å². The maximum absolute atomic E-state index is 12.0. The van der Waals surface area contributed by atoms with E-state index in [1.807, 2.05) is 4.90 Å². The van der Waals surface area contributed by atoms with Crippen LogP contribution in [0.3, 0.4) is 0 Å². The Kier molecular flexibility index (Phi) is 3.90. The van der Waals surface area contributed by atoms with Crippen molar-refractivity contribution in [3.05, 3.63) is 0 Å². The zero-order chi connectivity index (χ0) is 13.2. The highest BCUT2D eigenvalue weighted by atomic mass is 16.2. The number of piperidine rings is 1. The Bertz CT molecular complexity index is 335. The second-order valence-electron chi connectivity index (χ2n) is 5.78. The molecule has 2 fully saturated rings. The van der Waals surface area contributed by atoms with Crippen molar-refractivity contribution >= 4 is 11.8 Å². The minimum atomic E-state index is 0.0917. The smallest absolute Gasteiger partial charge is 0.223 e. The van der Waals surface area contributed by atoms with Crippen LogP contribution in [0.1, 0.15) is 25.7 Å². The number of hydrogen-bond acceptors (Lipinski definition) is 3. The molecule has 2 rings (SSSR count). The normalized spacial score (nSPS) is 22.6. The quantitative estimate of drug-likeness (QED) is 0.774. The van der Waals surface area contributed by atoms with Gasteiger partial charge in [-0.05, 0) is 31.3 Å². The number of hydrogen-bond donors (Lipinski definition) is 1. The molecule has 1 N–H and O–H groups in total. The Hall–Kier alpha value is -1.10. The van der Waals surface area contributed by atoms with Gasteiger partial charge in [-0.25, -0.2) is 0 Å². The summed E-state index contributed by atoms with van der Waals surface area (Å²) in [5, 5.41) is 3.34. The third-order valence-corrected chi connectivity index (χ3v) is 4.16. The lowest BCUT2D eigenvalue weighted by atomic mass is 9.78. The molecule has 2 amide bonds. The van der Waals surface area contributed by atoms with E-state index in [1.165, 1.54) is 0 Å². The second-order valence-corrected chi connectivity index (χ2v) is 5.78. The van der Waals surface area contributed by atoms with Crippen LogP contribution in [0.4, 0.5) is 0 Å². The summed E-state index contributed by atoms with van der Waals surface area (Å²) in [5.74, 6) is 0.317. The van der Waals surface area contributed by atoms with Crippen molar-refractivity contribution in [1.82, 2.24) is 15.1 Å².